The molecule has 1 saturated heterocycles. The van der Waals surface area contributed by atoms with Gasteiger partial charge in [0.2, 0.25) is 0 Å². The van der Waals surface area contributed by atoms with E-state index in [2.05, 4.69) is 33.0 Å². The van der Waals surface area contributed by atoms with Crippen LogP contribution in [0.1, 0.15) is 17.3 Å². The van der Waals surface area contributed by atoms with Crippen LogP contribution in [0.15, 0.2) is 66.9 Å². The van der Waals surface area contributed by atoms with E-state index in [1.54, 1.807) is 6.07 Å². The van der Waals surface area contributed by atoms with E-state index in [9.17, 15) is 0 Å². The second-order valence-corrected chi connectivity index (χ2v) is 8.19. The summed E-state index contributed by atoms with van der Waals surface area (Å²) in [4.78, 5) is 9.27. The molecule has 1 fully saturated rings. The summed E-state index contributed by atoms with van der Waals surface area (Å²) in [5, 5.41) is 2.05. The molecule has 0 N–H and O–H groups in total. The first kappa shape index (κ1) is 19.5. The standard InChI is InChI=1S/C22H20Cl3N3/c23-17-6-4-16(5-7-17)22-15-27(14-19-3-1-2-10-26-19)11-12-28(22)21-9-8-18(24)13-20(21)25/h1-10,13,22H,11-12,14-15H2. The number of piperazine rings is 1. The molecule has 1 atom stereocenters. The van der Waals surface area contributed by atoms with Gasteiger partial charge in [0.15, 0.2) is 0 Å². The molecule has 0 amide bonds. The van der Waals surface area contributed by atoms with Crippen molar-refractivity contribution in [2.45, 2.75) is 12.6 Å². The Labute approximate surface area is 180 Å². The zero-order valence-corrected chi connectivity index (χ0v) is 17.5. The zero-order chi connectivity index (χ0) is 19.5. The van der Waals surface area contributed by atoms with Crippen molar-refractivity contribution in [3.05, 3.63) is 93.2 Å². The lowest BCUT2D eigenvalue weighted by molar-refractivity contribution is 0.213. The van der Waals surface area contributed by atoms with Gasteiger partial charge in [-0.15, -0.1) is 0 Å². The van der Waals surface area contributed by atoms with Crippen LogP contribution in [0.25, 0.3) is 0 Å². The van der Waals surface area contributed by atoms with E-state index in [1.807, 2.05) is 42.6 Å². The monoisotopic (exact) mass is 431 g/mol. The summed E-state index contributed by atoms with van der Waals surface area (Å²) in [6.45, 7) is 3.49. The van der Waals surface area contributed by atoms with Crippen LogP contribution in [-0.4, -0.2) is 29.5 Å². The Kier molecular flexibility index (Phi) is 6.07. The third kappa shape index (κ3) is 4.44. The molecule has 28 heavy (non-hydrogen) atoms. The minimum Gasteiger partial charge on any atom is -0.361 e. The fraction of sp³-hybridized carbons (Fsp3) is 0.227. The number of hydrogen-bond acceptors (Lipinski definition) is 3. The maximum atomic E-state index is 6.54. The SMILES string of the molecule is Clc1ccc(C2CN(Cc3ccccn3)CCN2c2ccc(Cl)cc2Cl)cc1. The van der Waals surface area contributed by atoms with Gasteiger partial charge in [-0.2, -0.15) is 0 Å². The van der Waals surface area contributed by atoms with Crippen molar-refractivity contribution in [1.82, 2.24) is 9.88 Å². The molecule has 144 valence electrons. The lowest BCUT2D eigenvalue weighted by atomic mass is 10.0. The number of pyridine rings is 1. The average molecular weight is 433 g/mol. The quantitative estimate of drug-likeness (QED) is 0.496. The second kappa shape index (κ2) is 8.71. The van der Waals surface area contributed by atoms with Gasteiger partial charge in [0.1, 0.15) is 0 Å². The Morgan fingerprint density at radius 1 is 0.893 bits per heavy atom. The highest BCUT2D eigenvalue weighted by Gasteiger charge is 2.29. The molecule has 4 rings (SSSR count). The topological polar surface area (TPSA) is 19.4 Å². The van der Waals surface area contributed by atoms with Crippen molar-refractivity contribution in [1.29, 1.82) is 0 Å². The molecule has 0 bridgehead atoms. The van der Waals surface area contributed by atoms with Gasteiger partial charge in [-0.3, -0.25) is 9.88 Å². The number of aromatic nitrogens is 1. The molecule has 1 aliphatic heterocycles. The highest BCUT2D eigenvalue weighted by molar-refractivity contribution is 6.36. The van der Waals surface area contributed by atoms with Crippen LogP contribution in [0.5, 0.6) is 0 Å². The van der Waals surface area contributed by atoms with E-state index < -0.39 is 0 Å². The van der Waals surface area contributed by atoms with Crippen LogP contribution in [0.2, 0.25) is 15.1 Å². The van der Waals surface area contributed by atoms with Crippen LogP contribution in [0.4, 0.5) is 5.69 Å². The molecule has 1 aromatic heterocycles. The van der Waals surface area contributed by atoms with Gasteiger partial charge in [-0.1, -0.05) is 53.0 Å². The van der Waals surface area contributed by atoms with Gasteiger partial charge in [-0.05, 0) is 48.0 Å². The van der Waals surface area contributed by atoms with Gasteiger partial charge in [-0.25, -0.2) is 0 Å². The summed E-state index contributed by atoms with van der Waals surface area (Å²) in [7, 11) is 0. The van der Waals surface area contributed by atoms with Crippen molar-refractivity contribution in [2.24, 2.45) is 0 Å². The lowest BCUT2D eigenvalue weighted by Crippen LogP contribution is -2.48. The number of halogens is 3. The highest BCUT2D eigenvalue weighted by atomic mass is 35.5. The van der Waals surface area contributed by atoms with Gasteiger partial charge >= 0.3 is 0 Å². The number of benzene rings is 2. The molecule has 0 spiro atoms. The van der Waals surface area contributed by atoms with E-state index in [4.69, 9.17) is 34.8 Å². The molecule has 2 aromatic carbocycles. The molecule has 3 nitrogen and oxygen atoms in total. The Morgan fingerprint density at radius 2 is 1.68 bits per heavy atom. The van der Waals surface area contributed by atoms with Gasteiger partial charge in [0, 0.05) is 42.4 Å². The summed E-state index contributed by atoms with van der Waals surface area (Å²) in [5.41, 5.74) is 3.29. The summed E-state index contributed by atoms with van der Waals surface area (Å²) >= 11 is 18.8. The lowest BCUT2D eigenvalue weighted by Gasteiger charge is -2.43. The summed E-state index contributed by atoms with van der Waals surface area (Å²) in [6.07, 6.45) is 1.84. The third-order valence-electron chi connectivity index (χ3n) is 5.05. The first-order chi connectivity index (χ1) is 13.6. The first-order valence-corrected chi connectivity index (χ1v) is 10.3. The Balaban J connectivity index is 1.63. The maximum Gasteiger partial charge on any atom is 0.0670 e. The Morgan fingerprint density at radius 3 is 2.39 bits per heavy atom. The van der Waals surface area contributed by atoms with Gasteiger partial charge in [0.25, 0.3) is 0 Å². The summed E-state index contributed by atoms with van der Waals surface area (Å²) < 4.78 is 0. The molecule has 0 aliphatic carbocycles. The molecular weight excluding hydrogens is 413 g/mol. The summed E-state index contributed by atoms with van der Waals surface area (Å²) in [6, 6.07) is 20.0. The van der Waals surface area contributed by atoms with Crippen LogP contribution in [-0.2, 0) is 6.54 Å². The first-order valence-electron chi connectivity index (χ1n) is 9.19. The average Bonchev–Trinajstić information content (AvgIpc) is 2.70. The van der Waals surface area contributed by atoms with Crippen molar-refractivity contribution in [3.8, 4) is 0 Å². The minimum absolute atomic E-state index is 0.161. The molecule has 6 heteroatoms. The number of nitrogens with zero attached hydrogens (tertiary/aromatic N) is 3. The number of anilines is 1. The maximum absolute atomic E-state index is 6.54. The molecule has 0 saturated carbocycles. The van der Waals surface area contributed by atoms with Crippen molar-refractivity contribution in [2.75, 3.05) is 24.5 Å². The zero-order valence-electron chi connectivity index (χ0n) is 15.2. The smallest absolute Gasteiger partial charge is 0.0670 e. The molecule has 1 unspecified atom stereocenters. The predicted octanol–water partition coefficient (Wildman–Crippen LogP) is 6.11. The molecule has 2 heterocycles. The highest BCUT2D eigenvalue weighted by Crippen LogP contribution is 2.37. The Bertz CT molecular complexity index is 932. The van der Waals surface area contributed by atoms with E-state index in [1.165, 1.54) is 5.56 Å². The van der Waals surface area contributed by atoms with Crippen LogP contribution >= 0.6 is 34.8 Å². The second-order valence-electron chi connectivity index (χ2n) is 6.91. The molecule has 1 aliphatic rings. The number of rotatable bonds is 4. The summed E-state index contributed by atoms with van der Waals surface area (Å²) in [5.74, 6) is 0. The fourth-order valence-electron chi connectivity index (χ4n) is 3.68. The van der Waals surface area contributed by atoms with Crippen molar-refractivity contribution >= 4 is 40.5 Å². The van der Waals surface area contributed by atoms with Crippen molar-refractivity contribution < 1.29 is 0 Å². The van der Waals surface area contributed by atoms with Gasteiger partial charge < -0.3 is 4.90 Å². The van der Waals surface area contributed by atoms with Crippen LogP contribution < -0.4 is 4.90 Å². The molecular formula is C22H20Cl3N3. The van der Waals surface area contributed by atoms with E-state index >= 15 is 0 Å². The predicted molar refractivity (Wildman–Crippen MR) is 118 cm³/mol. The Hall–Kier alpha value is -1.78. The largest absolute Gasteiger partial charge is 0.361 e. The normalized spacial score (nSPS) is 17.7. The third-order valence-corrected chi connectivity index (χ3v) is 5.84. The van der Waals surface area contributed by atoms with Crippen molar-refractivity contribution in [3.63, 3.8) is 0 Å². The fourth-order valence-corrected chi connectivity index (χ4v) is 4.32. The van der Waals surface area contributed by atoms with Crippen LogP contribution in [0, 0.1) is 0 Å². The van der Waals surface area contributed by atoms with Crippen LogP contribution in [0.3, 0.4) is 0 Å². The van der Waals surface area contributed by atoms with E-state index in [0.717, 1.165) is 42.6 Å². The molecule has 3 aromatic rings. The van der Waals surface area contributed by atoms with E-state index in [-0.39, 0.29) is 6.04 Å². The minimum atomic E-state index is 0.161. The molecule has 0 radical (unpaired) electrons. The van der Waals surface area contributed by atoms with E-state index in [0.29, 0.717) is 10.0 Å². The van der Waals surface area contributed by atoms with Gasteiger partial charge in [0.05, 0.1) is 22.4 Å². The number of hydrogen-bond donors (Lipinski definition) is 0.